The highest BCUT2D eigenvalue weighted by Crippen LogP contribution is 2.36. The summed E-state index contributed by atoms with van der Waals surface area (Å²) in [4.78, 5) is 0. The van der Waals surface area contributed by atoms with Gasteiger partial charge in [0.25, 0.3) is 5.92 Å². The summed E-state index contributed by atoms with van der Waals surface area (Å²) in [5.74, 6) is -2.93. The summed E-state index contributed by atoms with van der Waals surface area (Å²) < 4.78 is 26.9. The van der Waals surface area contributed by atoms with E-state index in [9.17, 15) is 8.78 Å². The molecule has 4 heteroatoms. The molecular formula is C10H12ClF2N. The third kappa shape index (κ3) is 2.22. The van der Waals surface area contributed by atoms with Gasteiger partial charge < -0.3 is 5.73 Å². The first-order valence-corrected chi connectivity index (χ1v) is 4.70. The van der Waals surface area contributed by atoms with Crippen LogP contribution in [0.4, 0.5) is 8.78 Å². The first kappa shape index (κ1) is 11.4. The van der Waals surface area contributed by atoms with Gasteiger partial charge in [0.2, 0.25) is 0 Å². The van der Waals surface area contributed by atoms with Crippen molar-refractivity contribution in [2.75, 3.05) is 6.54 Å². The van der Waals surface area contributed by atoms with E-state index in [1.54, 1.807) is 19.1 Å². The van der Waals surface area contributed by atoms with Crippen molar-refractivity contribution in [1.82, 2.24) is 0 Å². The fourth-order valence-corrected chi connectivity index (χ4v) is 1.51. The van der Waals surface area contributed by atoms with Gasteiger partial charge in [0.05, 0.1) is 5.02 Å². The Bertz CT molecular complexity index is 326. The summed E-state index contributed by atoms with van der Waals surface area (Å²) >= 11 is 5.79. The molecule has 1 nitrogen and oxygen atoms in total. The predicted octanol–water partition coefficient (Wildman–Crippen LogP) is 3.09. The van der Waals surface area contributed by atoms with Crippen molar-refractivity contribution >= 4 is 11.6 Å². The molecule has 14 heavy (non-hydrogen) atoms. The van der Waals surface area contributed by atoms with Crippen LogP contribution in [0.25, 0.3) is 0 Å². The van der Waals surface area contributed by atoms with Gasteiger partial charge in [0.15, 0.2) is 0 Å². The monoisotopic (exact) mass is 219 g/mol. The minimum Gasteiger partial charge on any atom is -0.330 e. The molecule has 1 aromatic rings. The Labute approximate surface area is 86.9 Å². The van der Waals surface area contributed by atoms with E-state index in [0.717, 1.165) is 0 Å². The van der Waals surface area contributed by atoms with E-state index in [0.29, 0.717) is 5.56 Å². The number of nitrogens with two attached hydrogens (primary N) is 1. The molecule has 0 aliphatic rings. The topological polar surface area (TPSA) is 26.0 Å². The van der Waals surface area contributed by atoms with Gasteiger partial charge in [-0.25, -0.2) is 8.78 Å². The van der Waals surface area contributed by atoms with E-state index in [-0.39, 0.29) is 23.6 Å². The number of hydrogen-bond donors (Lipinski definition) is 1. The van der Waals surface area contributed by atoms with Crippen LogP contribution >= 0.6 is 11.6 Å². The zero-order valence-electron chi connectivity index (χ0n) is 7.86. The Kier molecular flexibility index (Phi) is 3.45. The van der Waals surface area contributed by atoms with Crippen molar-refractivity contribution in [3.05, 3.63) is 34.3 Å². The molecular weight excluding hydrogens is 208 g/mol. The van der Waals surface area contributed by atoms with Gasteiger partial charge in [-0.2, -0.15) is 0 Å². The lowest BCUT2D eigenvalue weighted by molar-refractivity contribution is -0.0106. The van der Waals surface area contributed by atoms with Crippen molar-refractivity contribution in [2.24, 2.45) is 5.73 Å². The Hall–Kier alpha value is -0.670. The second-order valence-corrected chi connectivity index (χ2v) is 3.56. The number of halogens is 3. The van der Waals surface area contributed by atoms with E-state index in [1.165, 1.54) is 6.07 Å². The summed E-state index contributed by atoms with van der Waals surface area (Å²) in [6.07, 6.45) is -0.379. The van der Waals surface area contributed by atoms with Crippen LogP contribution in [0, 0.1) is 6.92 Å². The molecule has 0 spiro atoms. The second kappa shape index (κ2) is 4.24. The Morgan fingerprint density at radius 1 is 1.43 bits per heavy atom. The number of alkyl halides is 2. The molecule has 0 atom stereocenters. The van der Waals surface area contributed by atoms with Crippen molar-refractivity contribution in [3.63, 3.8) is 0 Å². The summed E-state index contributed by atoms with van der Waals surface area (Å²) in [6, 6.07) is 4.61. The zero-order chi connectivity index (χ0) is 10.8. The Morgan fingerprint density at radius 3 is 2.64 bits per heavy atom. The summed E-state index contributed by atoms with van der Waals surface area (Å²) in [5.41, 5.74) is 5.64. The molecule has 0 saturated heterocycles. The molecule has 0 radical (unpaired) electrons. The molecule has 2 N–H and O–H groups in total. The zero-order valence-corrected chi connectivity index (χ0v) is 8.61. The van der Waals surface area contributed by atoms with Crippen molar-refractivity contribution in [1.29, 1.82) is 0 Å². The van der Waals surface area contributed by atoms with Crippen molar-refractivity contribution in [2.45, 2.75) is 19.3 Å². The molecule has 1 rings (SSSR count). The van der Waals surface area contributed by atoms with Crippen LogP contribution in [0.3, 0.4) is 0 Å². The molecule has 0 unspecified atom stereocenters. The number of hydrogen-bond acceptors (Lipinski definition) is 1. The number of aryl methyl sites for hydroxylation is 1. The lowest BCUT2D eigenvalue weighted by Crippen LogP contribution is -2.19. The highest BCUT2D eigenvalue weighted by molar-refractivity contribution is 6.32. The average molecular weight is 220 g/mol. The maximum atomic E-state index is 13.4. The summed E-state index contributed by atoms with van der Waals surface area (Å²) in [5, 5.41) is 0.131. The Morgan fingerprint density at radius 2 is 2.07 bits per heavy atom. The SMILES string of the molecule is Cc1cccc(C(F)(F)CCN)c1Cl. The largest absolute Gasteiger partial charge is 0.330 e. The number of rotatable bonds is 3. The average Bonchev–Trinajstić information content (AvgIpc) is 2.09. The van der Waals surface area contributed by atoms with E-state index < -0.39 is 5.92 Å². The van der Waals surface area contributed by atoms with Crippen molar-refractivity contribution in [3.8, 4) is 0 Å². The first-order chi connectivity index (χ1) is 6.49. The quantitative estimate of drug-likeness (QED) is 0.831. The predicted molar refractivity (Wildman–Crippen MR) is 53.8 cm³/mol. The maximum Gasteiger partial charge on any atom is 0.275 e. The third-order valence-electron chi connectivity index (χ3n) is 2.04. The molecule has 0 heterocycles. The third-order valence-corrected chi connectivity index (χ3v) is 2.55. The van der Waals surface area contributed by atoms with E-state index in [4.69, 9.17) is 17.3 Å². The fraction of sp³-hybridized carbons (Fsp3) is 0.400. The van der Waals surface area contributed by atoms with Crippen LogP contribution in [-0.2, 0) is 5.92 Å². The van der Waals surface area contributed by atoms with Gasteiger partial charge in [-0.05, 0) is 19.0 Å². The van der Waals surface area contributed by atoms with Gasteiger partial charge in [-0.1, -0.05) is 29.8 Å². The normalized spacial score (nSPS) is 11.8. The van der Waals surface area contributed by atoms with Crippen molar-refractivity contribution < 1.29 is 8.78 Å². The summed E-state index contributed by atoms with van der Waals surface area (Å²) in [6.45, 7) is 1.64. The van der Waals surface area contributed by atoms with Gasteiger partial charge >= 0.3 is 0 Å². The molecule has 0 bridgehead atoms. The highest BCUT2D eigenvalue weighted by Gasteiger charge is 2.32. The molecule has 1 aromatic carbocycles. The lowest BCUT2D eigenvalue weighted by Gasteiger charge is -2.17. The van der Waals surface area contributed by atoms with Gasteiger partial charge in [0.1, 0.15) is 0 Å². The van der Waals surface area contributed by atoms with E-state index in [2.05, 4.69) is 0 Å². The van der Waals surface area contributed by atoms with Crippen LogP contribution in [0.15, 0.2) is 18.2 Å². The maximum absolute atomic E-state index is 13.4. The van der Waals surface area contributed by atoms with Crippen LogP contribution in [0.5, 0.6) is 0 Å². The standard InChI is InChI=1S/C10H12ClF2N/c1-7-3-2-4-8(9(7)11)10(12,13)5-6-14/h2-4H,5-6,14H2,1H3. The second-order valence-electron chi connectivity index (χ2n) is 3.18. The molecule has 0 fully saturated rings. The minimum absolute atomic E-state index is 0.0583. The highest BCUT2D eigenvalue weighted by atomic mass is 35.5. The molecule has 0 saturated carbocycles. The van der Waals surface area contributed by atoms with Gasteiger partial charge in [-0.15, -0.1) is 0 Å². The molecule has 0 aromatic heterocycles. The van der Waals surface area contributed by atoms with Crippen LogP contribution in [-0.4, -0.2) is 6.54 Å². The molecule has 0 amide bonds. The van der Waals surface area contributed by atoms with Gasteiger partial charge in [0, 0.05) is 12.0 Å². The minimum atomic E-state index is -2.93. The molecule has 78 valence electrons. The van der Waals surface area contributed by atoms with Gasteiger partial charge in [-0.3, -0.25) is 0 Å². The number of benzene rings is 1. The van der Waals surface area contributed by atoms with E-state index in [1.807, 2.05) is 0 Å². The summed E-state index contributed by atoms with van der Waals surface area (Å²) in [7, 11) is 0. The molecule has 0 aliphatic carbocycles. The fourth-order valence-electron chi connectivity index (χ4n) is 1.25. The van der Waals surface area contributed by atoms with Crippen LogP contribution < -0.4 is 5.73 Å². The smallest absolute Gasteiger partial charge is 0.275 e. The Balaban J connectivity index is 3.12. The molecule has 0 aliphatic heterocycles. The van der Waals surface area contributed by atoms with Crippen LogP contribution in [0.1, 0.15) is 17.5 Å². The first-order valence-electron chi connectivity index (χ1n) is 4.32. The van der Waals surface area contributed by atoms with E-state index >= 15 is 0 Å². The van der Waals surface area contributed by atoms with Crippen LogP contribution in [0.2, 0.25) is 5.02 Å². The lowest BCUT2D eigenvalue weighted by atomic mass is 10.0.